The lowest BCUT2D eigenvalue weighted by Gasteiger charge is -2.19. The zero-order valence-corrected chi connectivity index (χ0v) is 14.4. The van der Waals surface area contributed by atoms with E-state index in [1.54, 1.807) is 0 Å². The van der Waals surface area contributed by atoms with Crippen LogP contribution < -0.4 is 22.1 Å². The molecule has 0 aliphatic rings. The van der Waals surface area contributed by atoms with Crippen molar-refractivity contribution in [3.05, 3.63) is 41.6 Å². The molecule has 0 radical (unpaired) electrons. The number of benzene rings is 1. The van der Waals surface area contributed by atoms with Crippen molar-refractivity contribution < 1.29 is 9.59 Å². The van der Waals surface area contributed by atoms with Crippen molar-refractivity contribution in [2.24, 2.45) is 17.4 Å². The molecular formula is C17H22N6O2. The number of nitrogens with zero attached hydrogens (tertiary/aromatic N) is 2. The Kier molecular flexibility index (Phi) is 5.53. The number of nitrogens with two attached hydrogens (primary N) is 2. The lowest BCUT2D eigenvalue weighted by atomic mass is 10.0. The van der Waals surface area contributed by atoms with Gasteiger partial charge in [-0.2, -0.15) is 4.98 Å². The normalized spacial score (nSPS) is 11.8. The molecule has 25 heavy (non-hydrogen) atoms. The van der Waals surface area contributed by atoms with Crippen LogP contribution in [0.2, 0.25) is 0 Å². The monoisotopic (exact) mass is 342 g/mol. The van der Waals surface area contributed by atoms with Crippen molar-refractivity contribution in [2.75, 3.05) is 10.6 Å². The average Bonchev–Trinajstić information content (AvgIpc) is 2.52. The lowest BCUT2D eigenvalue weighted by molar-refractivity contribution is -0.119. The zero-order valence-electron chi connectivity index (χ0n) is 14.4. The molecule has 0 saturated heterocycles. The fraction of sp³-hybridized carbons (Fsp3) is 0.294. The third-order valence-corrected chi connectivity index (χ3v) is 3.59. The molecule has 0 fully saturated rings. The molecule has 6 N–H and O–H groups in total. The van der Waals surface area contributed by atoms with Crippen molar-refractivity contribution in [2.45, 2.75) is 26.8 Å². The molecule has 2 amide bonds. The molecule has 0 unspecified atom stereocenters. The molecule has 2 rings (SSSR count). The molecule has 1 aromatic heterocycles. The van der Waals surface area contributed by atoms with Gasteiger partial charge in [-0.3, -0.25) is 9.59 Å². The number of aromatic nitrogens is 2. The van der Waals surface area contributed by atoms with E-state index in [-0.39, 0.29) is 23.2 Å². The first-order valence-corrected chi connectivity index (χ1v) is 7.84. The van der Waals surface area contributed by atoms with Crippen LogP contribution in [-0.4, -0.2) is 27.8 Å². The summed E-state index contributed by atoms with van der Waals surface area (Å²) in [6, 6.07) is 6.94. The SMILES string of the molecule is Cc1cccc(Nc2nc(N[C@@H](C(N)=O)C(C)C)ncc2C(N)=O)c1. The van der Waals surface area contributed by atoms with Gasteiger partial charge in [0.05, 0.1) is 0 Å². The van der Waals surface area contributed by atoms with Gasteiger partial charge in [0.25, 0.3) is 5.91 Å². The Morgan fingerprint density at radius 1 is 1.20 bits per heavy atom. The topological polar surface area (TPSA) is 136 Å². The van der Waals surface area contributed by atoms with E-state index in [0.29, 0.717) is 0 Å². The molecular weight excluding hydrogens is 320 g/mol. The molecule has 0 spiro atoms. The second-order valence-corrected chi connectivity index (χ2v) is 6.08. The highest BCUT2D eigenvalue weighted by molar-refractivity contribution is 5.98. The van der Waals surface area contributed by atoms with E-state index in [4.69, 9.17) is 11.5 Å². The number of hydrogen-bond donors (Lipinski definition) is 4. The summed E-state index contributed by atoms with van der Waals surface area (Å²) in [5, 5.41) is 5.95. The molecule has 0 saturated carbocycles. The number of rotatable bonds is 7. The van der Waals surface area contributed by atoms with E-state index in [1.165, 1.54) is 6.20 Å². The van der Waals surface area contributed by atoms with Crippen LogP contribution >= 0.6 is 0 Å². The predicted molar refractivity (Wildman–Crippen MR) is 96.5 cm³/mol. The number of aryl methyl sites for hydroxylation is 1. The fourth-order valence-electron chi connectivity index (χ4n) is 2.29. The van der Waals surface area contributed by atoms with Crippen LogP contribution in [0.1, 0.15) is 29.8 Å². The third kappa shape index (κ3) is 4.66. The van der Waals surface area contributed by atoms with Crippen LogP contribution in [0.5, 0.6) is 0 Å². The quantitative estimate of drug-likeness (QED) is 0.602. The Bertz CT molecular complexity index is 790. The molecule has 0 bridgehead atoms. The predicted octanol–water partition coefficient (Wildman–Crippen LogP) is 1.55. The van der Waals surface area contributed by atoms with Gasteiger partial charge in [-0.1, -0.05) is 26.0 Å². The van der Waals surface area contributed by atoms with Crippen molar-refractivity contribution in [3.63, 3.8) is 0 Å². The van der Waals surface area contributed by atoms with Gasteiger partial charge in [0.1, 0.15) is 17.4 Å². The summed E-state index contributed by atoms with van der Waals surface area (Å²) in [6.45, 7) is 5.66. The molecule has 132 valence electrons. The van der Waals surface area contributed by atoms with E-state index in [1.807, 2.05) is 45.0 Å². The smallest absolute Gasteiger partial charge is 0.254 e. The Morgan fingerprint density at radius 3 is 2.48 bits per heavy atom. The highest BCUT2D eigenvalue weighted by atomic mass is 16.1. The number of amides is 2. The summed E-state index contributed by atoms with van der Waals surface area (Å²) >= 11 is 0. The Labute approximate surface area is 146 Å². The zero-order chi connectivity index (χ0) is 18.6. The highest BCUT2D eigenvalue weighted by Crippen LogP contribution is 2.21. The number of nitrogens with one attached hydrogen (secondary N) is 2. The summed E-state index contributed by atoms with van der Waals surface area (Å²) < 4.78 is 0. The Morgan fingerprint density at radius 2 is 1.92 bits per heavy atom. The van der Waals surface area contributed by atoms with Crippen LogP contribution in [0.3, 0.4) is 0 Å². The number of carbonyl (C=O) groups is 2. The van der Waals surface area contributed by atoms with Crippen molar-refractivity contribution in [1.82, 2.24) is 9.97 Å². The van der Waals surface area contributed by atoms with E-state index < -0.39 is 17.9 Å². The standard InChI is InChI=1S/C17H22N6O2/c1-9(2)13(15(19)25)22-17-20-8-12(14(18)24)16(23-17)21-11-6-4-5-10(3)7-11/h4-9,13H,1-3H3,(H2,18,24)(H2,19,25)(H2,20,21,22,23)/t13-/m1/s1. The molecule has 1 heterocycles. The molecule has 2 aromatic rings. The molecule has 1 atom stereocenters. The first-order chi connectivity index (χ1) is 11.8. The van der Waals surface area contributed by atoms with Crippen LogP contribution in [0.15, 0.2) is 30.5 Å². The van der Waals surface area contributed by atoms with Gasteiger partial charge in [0.15, 0.2) is 0 Å². The minimum Gasteiger partial charge on any atom is -0.368 e. The fourth-order valence-corrected chi connectivity index (χ4v) is 2.29. The van der Waals surface area contributed by atoms with Gasteiger partial charge in [-0.25, -0.2) is 4.98 Å². The highest BCUT2D eigenvalue weighted by Gasteiger charge is 2.21. The van der Waals surface area contributed by atoms with Gasteiger partial charge in [-0.05, 0) is 30.5 Å². The third-order valence-electron chi connectivity index (χ3n) is 3.59. The van der Waals surface area contributed by atoms with Gasteiger partial charge < -0.3 is 22.1 Å². The summed E-state index contributed by atoms with van der Waals surface area (Å²) in [6.07, 6.45) is 1.31. The van der Waals surface area contributed by atoms with Crippen LogP contribution in [0, 0.1) is 12.8 Å². The summed E-state index contributed by atoms with van der Waals surface area (Å²) in [4.78, 5) is 31.5. The van der Waals surface area contributed by atoms with E-state index in [9.17, 15) is 9.59 Å². The maximum Gasteiger partial charge on any atom is 0.254 e. The van der Waals surface area contributed by atoms with Crippen molar-refractivity contribution in [3.8, 4) is 0 Å². The lowest BCUT2D eigenvalue weighted by Crippen LogP contribution is -2.40. The van der Waals surface area contributed by atoms with Crippen LogP contribution in [0.25, 0.3) is 0 Å². The average molecular weight is 342 g/mol. The second kappa shape index (κ2) is 7.61. The molecule has 8 nitrogen and oxygen atoms in total. The molecule has 0 aliphatic carbocycles. The minimum absolute atomic E-state index is 0.0508. The Balaban J connectivity index is 2.36. The maximum atomic E-state index is 11.6. The molecule has 1 aromatic carbocycles. The van der Waals surface area contributed by atoms with Crippen LogP contribution in [-0.2, 0) is 4.79 Å². The summed E-state index contributed by atoms with van der Waals surface area (Å²) in [7, 11) is 0. The maximum absolute atomic E-state index is 11.6. The Hall–Kier alpha value is -3.16. The number of hydrogen-bond acceptors (Lipinski definition) is 6. The largest absolute Gasteiger partial charge is 0.368 e. The van der Waals surface area contributed by atoms with Gasteiger partial charge in [-0.15, -0.1) is 0 Å². The molecule has 0 aliphatic heterocycles. The van der Waals surface area contributed by atoms with Crippen molar-refractivity contribution >= 4 is 29.3 Å². The van der Waals surface area contributed by atoms with Gasteiger partial charge in [0, 0.05) is 11.9 Å². The summed E-state index contributed by atoms with van der Waals surface area (Å²) in [5.41, 5.74) is 12.7. The van der Waals surface area contributed by atoms with Gasteiger partial charge in [0.2, 0.25) is 11.9 Å². The van der Waals surface area contributed by atoms with E-state index in [2.05, 4.69) is 20.6 Å². The first-order valence-electron chi connectivity index (χ1n) is 7.84. The van der Waals surface area contributed by atoms with Crippen molar-refractivity contribution in [1.29, 1.82) is 0 Å². The minimum atomic E-state index is -0.656. The van der Waals surface area contributed by atoms with Gasteiger partial charge >= 0.3 is 0 Å². The van der Waals surface area contributed by atoms with E-state index >= 15 is 0 Å². The van der Waals surface area contributed by atoms with E-state index in [0.717, 1.165) is 11.3 Å². The first kappa shape index (κ1) is 18.2. The summed E-state index contributed by atoms with van der Waals surface area (Å²) in [5.74, 6) is -0.784. The number of anilines is 3. The second-order valence-electron chi connectivity index (χ2n) is 6.08. The number of carbonyl (C=O) groups excluding carboxylic acids is 2. The molecule has 8 heteroatoms. The van der Waals surface area contributed by atoms with Crippen LogP contribution in [0.4, 0.5) is 17.5 Å². The number of primary amides is 2.